The zero-order valence-corrected chi connectivity index (χ0v) is 45.1. The average Bonchev–Trinajstić information content (AvgIpc) is 4.03. The Hall–Kier alpha value is -7.17. The first kappa shape index (κ1) is 56.1. The van der Waals surface area contributed by atoms with Crippen molar-refractivity contribution in [1.82, 2.24) is 29.7 Å². The molecule has 6 aromatic rings. The van der Waals surface area contributed by atoms with Crippen LogP contribution in [0.1, 0.15) is 142 Å². The number of hydrogen-bond acceptors (Lipinski definition) is 15. The fraction of sp³-hybridized carbons (Fsp3) is 0.393. The number of anilines is 8. The quantitative estimate of drug-likeness (QED) is 0.0392. The summed E-state index contributed by atoms with van der Waals surface area (Å²) >= 11 is 0. The van der Waals surface area contributed by atoms with Crippen LogP contribution in [0, 0.1) is 0 Å². The van der Waals surface area contributed by atoms with Crippen LogP contribution in [0.2, 0.25) is 0 Å². The number of hydrogen-bond donors (Lipinski definition) is 6. The van der Waals surface area contributed by atoms with Crippen LogP contribution in [0.25, 0.3) is 0 Å². The topological polar surface area (TPSA) is 216 Å². The number of amides is 2. The van der Waals surface area contributed by atoms with Crippen molar-refractivity contribution in [2.75, 3.05) is 35.4 Å². The Morgan fingerprint density at radius 2 is 0.950 bits per heavy atom. The summed E-state index contributed by atoms with van der Waals surface area (Å²) in [6.45, 7) is 3.98. The first-order valence-electron chi connectivity index (χ1n) is 26.1. The Morgan fingerprint density at radius 1 is 0.588 bits per heavy atom. The zero-order valence-electron chi connectivity index (χ0n) is 44.1. The summed E-state index contributed by atoms with van der Waals surface area (Å²) in [7, 11) is 0.248. The second kappa shape index (κ2) is 22.1. The number of nitrogens with one attached hydrogen (secondary N) is 4. The van der Waals surface area contributed by atoms with E-state index in [1.807, 2.05) is 12.1 Å². The van der Waals surface area contributed by atoms with Crippen molar-refractivity contribution in [2.45, 2.75) is 127 Å². The molecule has 0 spiro atoms. The minimum atomic E-state index is -4.83. The zero-order chi connectivity index (χ0) is 56.9. The summed E-state index contributed by atoms with van der Waals surface area (Å²) in [5.41, 5.74) is 2.49. The molecule has 2 aromatic heterocycles. The predicted octanol–water partition coefficient (Wildman–Crippen LogP) is 12.4. The van der Waals surface area contributed by atoms with Crippen molar-refractivity contribution < 1.29 is 59.8 Å². The first-order valence-corrected chi connectivity index (χ1v) is 27.3. The van der Waals surface area contributed by atoms with Crippen LogP contribution < -0.4 is 21.3 Å². The molecule has 0 atom stereocenters. The van der Waals surface area contributed by atoms with E-state index in [9.17, 15) is 50.7 Å². The second-order valence-electron chi connectivity index (χ2n) is 21.6. The van der Waals surface area contributed by atoms with Crippen LogP contribution in [0.4, 0.5) is 72.6 Å². The SMILES string of the molecule is CN1Cc2c(c(Nc3nc(Nc4ccc(CO[PH](=O)OCc5ccc(Nc6ncc(C(F)(F)F)c(Nc7ccc([C@H]8CC[C@@](C)(O)CC8)c8c7C(=O)N(C)C8)n6)cc5)cc4)ncc3C(F)(F)F)ccc2[C@H]2CC[C@@](C)(O)CC2)C1=O. The molecule has 80 heavy (non-hydrogen) atoms. The van der Waals surface area contributed by atoms with Gasteiger partial charge in [0.15, 0.2) is 0 Å². The minimum Gasteiger partial charge on any atom is -0.390 e. The number of rotatable bonds is 16. The lowest BCUT2D eigenvalue weighted by molar-refractivity contribution is -0.138. The van der Waals surface area contributed by atoms with Gasteiger partial charge in [-0.05, 0) is 147 Å². The number of aromatic nitrogens is 4. The monoisotopic (exact) mass is 1130 g/mol. The molecule has 0 bridgehead atoms. The molecule has 2 aliphatic heterocycles. The number of nitrogens with zero attached hydrogens (tertiary/aromatic N) is 6. The second-order valence-corrected chi connectivity index (χ2v) is 22.7. The Bertz CT molecular complexity index is 3130. The molecule has 17 nitrogen and oxygen atoms in total. The van der Waals surface area contributed by atoms with Crippen LogP contribution in [-0.4, -0.2) is 77.1 Å². The van der Waals surface area contributed by atoms with Gasteiger partial charge in [-0.2, -0.15) is 36.3 Å². The summed E-state index contributed by atoms with van der Waals surface area (Å²) in [5.74, 6) is -1.91. The van der Waals surface area contributed by atoms with Crippen molar-refractivity contribution in [2.24, 2.45) is 0 Å². The van der Waals surface area contributed by atoms with E-state index in [2.05, 4.69) is 41.2 Å². The van der Waals surface area contributed by atoms with Crippen molar-refractivity contribution in [1.29, 1.82) is 0 Å². The van der Waals surface area contributed by atoms with Crippen molar-refractivity contribution in [3.05, 3.63) is 141 Å². The number of halogens is 6. The van der Waals surface area contributed by atoms with Crippen molar-refractivity contribution in [3.63, 3.8) is 0 Å². The third-order valence-electron chi connectivity index (χ3n) is 15.4. The minimum absolute atomic E-state index is 0.0894. The highest BCUT2D eigenvalue weighted by Gasteiger charge is 2.41. The number of alkyl halides is 6. The van der Waals surface area contributed by atoms with E-state index in [1.165, 1.54) is 9.80 Å². The number of benzene rings is 4. The molecule has 6 N–H and O–H groups in total. The maximum absolute atomic E-state index is 14.3. The molecule has 2 amide bonds. The molecular formula is C56H59F6N10O7P. The van der Waals surface area contributed by atoms with Gasteiger partial charge in [-0.3, -0.25) is 14.2 Å². The lowest BCUT2D eigenvalue weighted by Gasteiger charge is -2.34. The third-order valence-corrected chi connectivity index (χ3v) is 16.2. The summed E-state index contributed by atoms with van der Waals surface area (Å²) < 4.78 is 110. The molecule has 24 heteroatoms. The van der Waals surface area contributed by atoms with E-state index in [1.54, 1.807) is 88.6 Å². The molecule has 0 saturated heterocycles. The normalized spacial score (nSPS) is 21.2. The smallest absolute Gasteiger partial charge is 0.390 e. The third kappa shape index (κ3) is 12.4. The summed E-state index contributed by atoms with van der Waals surface area (Å²) in [6, 6.07) is 19.9. The molecule has 0 radical (unpaired) electrons. The van der Waals surface area contributed by atoms with Gasteiger partial charge in [-0.15, -0.1) is 0 Å². The Morgan fingerprint density at radius 3 is 1.30 bits per heavy atom. The lowest BCUT2D eigenvalue weighted by Crippen LogP contribution is -2.30. The molecule has 422 valence electrons. The van der Waals surface area contributed by atoms with Crippen LogP contribution in [0.5, 0.6) is 0 Å². The molecular weight excluding hydrogens is 1070 g/mol. The Balaban J connectivity index is 0.738. The molecule has 2 saturated carbocycles. The molecule has 2 fully saturated rings. The molecule has 10 rings (SSSR count). The van der Waals surface area contributed by atoms with E-state index in [-0.39, 0.29) is 71.3 Å². The van der Waals surface area contributed by atoms with Gasteiger partial charge in [-0.1, -0.05) is 36.4 Å². The maximum atomic E-state index is 14.3. The lowest BCUT2D eigenvalue weighted by atomic mass is 9.75. The highest BCUT2D eigenvalue weighted by atomic mass is 31.1. The van der Waals surface area contributed by atoms with Gasteiger partial charge in [0, 0.05) is 51.0 Å². The molecule has 0 unspecified atom stereocenters. The van der Waals surface area contributed by atoms with Crippen molar-refractivity contribution >= 4 is 66.4 Å². The Kier molecular flexibility index (Phi) is 15.5. The summed E-state index contributed by atoms with van der Waals surface area (Å²) in [4.78, 5) is 46.1. The highest BCUT2D eigenvalue weighted by molar-refractivity contribution is 7.33. The molecule has 4 heterocycles. The Labute approximate surface area is 457 Å². The van der Waals surface area contributed by atoms with Crippen molar-refractivity contribution in [3.8, 4) is 0 Å². The van der Waals surface area contributed by atoms with E-state index >= 15 is 0 Å². The summed E-state index contributed by atoms with van der Waals surface area (Å²) in [5, 5.41) is 32.4. The maximum Gasteiger partial charge on any atom is 0.421 e. The van der Waals surface area contributed by atoms with E-state index < -0.39 is 54.6 Å². The molecule has 4 aliphatic rings. The predicted molar refractivity (Wildman–Crippen MR) is 287 cm³/mol. The first-order chi connectivity index (χ1) is 37.9. The van der Waals surface area contributed by atoms with Gasteiger partial charge >= 0.3 is 20.6 Å². The van der Waals surface area contributed by atoms with Gasteiger partial charge in [0.25, 0.3) is 11.8 Å². The fourth-order valence-corrected chi connectivity index (χ4v) is 11.6. The van der Waals surface area contributed by atoms with Crippen LogP contribution in [0.3, 0.4) is 0 Å². The van der Waals surface area contributed by atoms with Gasteiger partial charge < -0.3 is 50.3 Å². The van der Waals surface area contributed by atoms with Gasteiger partial charge in [0.2, 0.25) is 11.9 Å². The standard InChI is InChI=1S/C56H59F6N10O7P/c1-53(75)21-17-33(18-22-53)37-13-15-43(45-39(37)27-71(3)49(45)73)67-47-41(55(57,58)59)25-63-51(69-47)65-35-9-5-31(6-10-35)29-78-80(77)79-30-32-7-11-36(12-8-32)66-52-64-26-42(56(60,61)62)48(70-52)68-44-16-14-38(34-19-23-54(2,76)24-20-34)40-28-72(4)50(74)46(40)44/h5-16,25-26,33-34,75-76,80H,17-24,27-30H2,1-4H3,(H2,63,65,67,69)(H2,64,66,68,70)/t33-,34-,53+,54+. The van der Waals surface area contributed by atoms with Gasteiger partial charge in [0.05, 0.1) is 46.9 Å². The van der Waals surface area contributed by atoms with Crippen LogP contribution in [0.15, 0.2) is 85.2 Å². The van der Waals surface area contributed by atoms with Crippen LogP contribution >= 0.6 is 8.25 Å². The van der Waals surface area contributed by atoms with Gasteiger partial charge in [-0.25, -0.2) is 9.97 Å². The average molecular weight is 1130 g/mol. The summed E-state index contributed by atoms with van der Waals surface area (Å²) in [6.07, 6.45) is -3.12. The van der Waals surface area contributed by atoms with E-state index in [0.29, 0.717) is 99.4 Å². The van der Waals surface area contributed by atoms with E-state index in [0.717, 1.165) is 22.3 Å². The largest absolute Gasteiger partial charge is 0.421 e. The van der Waals surface area contributed by atoms with Crippen LogP contribution in [-0.2, 0) is 52.3 Å². The van der Waals surface area contributed by atoms with Gasteiger partial charge in [0.1, 0.15) is 22.8 Å². The highest BCUT2D eigenvalue weighted by Crippen LogP contribution is 2.47. The fourth-order valence-electron chi connectivity index (χ4n) is 10.9. The number of aliphatic hydroxyl groups is 2. The molecule has 4 aromatic carbocycles. The number of carbonyl (C=O) groups excluding carboxylic acids is 2. The molecule has 2 aliphatic carbocycles. The number of fused-ring (bicyclic) bond motifs is 2. The van der Waals surface area contributed by atoms with E-state index in [4.69, 9.17) is 9.05 Å². The number of carbonyl (C=O) groups is 2.